The highest BCUT2D eigenvalue weighted by molar-refractivity contribution is 7.90. The van der Waals surface area contributed by atoms with Crippen LogP contribution in [-0.2, 0) is 57.1 Å². The zero-order chi connectivity index (χ0) is 63.2. The number of amides is 1. The van der Waals surface area contributed by atoms with Gasteiger partial charge in [-0.25, -0.2) is 0 Å². The number of phenols is 1. The average Bonchev–Trinajstić information content (AvgIpc) is 0.983. The number of primary amides is 1. The van der Waals surface area contributed by atoms with Crippen molar-refractivity contribution in [3.63, 3.8) is 0 Å². The number of phenolic OH excluding ortho intramolecular Hbond substituents is 1. The molecule has 3 aromatic heterocycles. The number of benzene rings is 3. The van der Waals surface area contributed by atoms with Crippen LogP contribution in [0.3, 0.4) is 0 Å². The van der Waals surface area contributed by atoms with Crippen molar-refractivity contribution in [1.29, 1.82) is 0 Å². The van der Waals surface area contributed by atoms with Crippen molar-refractivity contribution in [3.05, 3.63) is 96.9 Å². The fourth-order valence-corrected chi connectivity index (χ4v) is 12.5. The van der Waals surface area contributed by atoms with Crippen LogP contribution in [0, 0.1) is 6.92 Å². The fraction of sp³-hybridized carbons (Fsp3) is 0.256. The molecule has 1 atom stereocenters. The Morgan fingerprint density at radius 2 is 1.35 bits per heavy atom. The topological polar surface area (TPSA) is 547 Å². The van der Waals surface area contributed by atoms with E-state index in [4.69, 9.17) is 28.9 Å². The maximum Gasteiger partial charge on any atom is 0.296 e. The number of halogens is 2. The second-order valence-electron chi connectivity index (χ2n) is 18.1. The van der Waals surface area contributed by atoms with Crippen molar-refractivity contribution in [2.75, 3.05) is 60.1 Å². The summed E-state index contributed by atoms with van der Waals surface area (Å²) in [7, 11) is -25.9. The van der Waals surface area contributed by atoms with Gasteiger partial charge in [-0.1, -0.05) is 12.1 Å². The fourth-order valence-electron chi connectivity index (χ4n) is 8.65. The van der Waals surface area contributed by atoms with Crippen molar-refractivity contribution in [2.45, 2.75) is 46.7 Å². The number of hydrogen-bond donors (Lipinski definition) is 11. The molecule has 43 heteroatoms. The molecule has 1 unspecified atom stereocenters. The molecule has 2 aliphatic rings. The second-order valence-corrected chi connectivity index (χ2v) is 26.0. The van der Waals surface area contributed by atoms with Crippen molar-refractivity contribution >= 4 is 137 Å². The average molecular weight is 1330 g/mol. The standard InChI is InChI=1S/C43H43Cl2N17O19S5/c1-3-62-36(65)30(35(46)64)19(2)32(37(62)66)58-57-24-17-23(27(84(73,74)75)18-28(24)85(76,77)78)48-41-51-38(44)50-40(54-41)47-8-9-60-10-12-61(13-11-60)43-53-39(45)52-42(55-43)49-25-16-21(82(67,68)69)14-20-15-29(86(79,80)81)33(34(63)31(20)25)59-56-22-6-4-5-7-26(22)83(70,71)72/h4-7,14-17,27,63,65H,3,8-13,18H2,1-2H3,(H2,46,64)(H,67,68,69)(H,70,71,72)(H,73,74,75)(H,76,77,78)(H,79,80,81)(H,49,52,53,55)(H2,47,48,50,51,54). The smallest absolute Gasteiger partial charge is 0.296 e. The summed E-state index contributed by atoms with van der Waals surface area (Å²) in [6, 6.07) is 6.73. The van der Waals surface area contributed by atoms with E-state index >= 15 is 0 Å². The Morgan fingerprint density at radius 3 is 1.95 bits per heavy atom. The first-order valence-corrected chi connectivity index (χ1v) is 32.0. The highest BCUT2D eigenvalue weighted by Crippen LogP contribution is 2.46. The van der Waals surface area contributed by atoms with E-state index in [9.17, 15) is 84.7 Å². The van der Waals surface area contributed by atoms with E-state index in [1.807, 2.05) is 4.90 Å². The molecular weight excluding hydrogens is 1290 g/mol. The largest absolute Gasteiger partial charge is 0.505 e. The first kappa shape index (κ1) is 63.9. The van der Waals surface area contributed by atoms with Crippen LogP contribution in [-0.4, -0.2) is 165 Å². The van der Waals surface area contributed by atoms with Gasteiger partial charge in [0.2, 0.25) is 40.2 Å². The molecule has 1 aliphatic carbocycles. The van der Waals surface area contributed by atoms with Crippen LogP contribution in [0.4, 0.5) is 46.5 Å². The van der Waals surface area contributed by atoms with E-state index in [2.05, 4.69) is 66.3 Å². The molecule has 3 aromatic carbocycles. The molecule has 6 aromatic rings. The van der Waals surface area contributed by atoms with Crippen LogP contribution in [0.1, 0.15) is 29.3 Å². The molecule has 86 heavy (non-hydrogen) atoms. The first-order valence-electron chi connectivity index (χ1n) is 23.9. The van der Waals surface area contributed by atoms with E-state index in [-0.39, 0.29) is 43.6 Å². The van der Waals surface area contributed by atoms with Gasteiger partial charge in [-0.15, -0.1) is 20.5 Å². The molecule has 0 saturated carbocycles. The van der Waals surface area contributed by atoms with E-state index in [0.717, 1.165) is 34.9 Å². The Morgan fingerprint density at radius 1 is 0.733 bits per heavy atom. The molecule has 1 fully saturated rings. The van der Waals surface area contributed by atoms with Gasteiger partial charge in [0.15, 0.2) is 11.4 Å². The van der Waals surface area contributed by atoms with E-state index < -0.39 is 178 Å². The molecule has 8 rings (SSSR count). The zero-order valence-electron chi connectivity index (χ0n) is 43.6. The Kier molecular flexibility index (Phi) is 18.1. The summed E-state index contributed by atoms with van der Waals surface area (Å²) in [6.07, 6.45) is -0.410. The number of carbonyl (C=O) groups is 1. The van der Waals surface area contributed by atoms with Crippen LogP contribution in [0.15, 0.2) is 105 Å². The minimum atomic E-state index is -5.35. The van der Waals surface area contributed by atoms with Crippen molar-refractivity contribution in [2.24, 2.45) is 26.2 Å². The maximum atomic E-state index is 13.2. The lowest BCUT2D eigenvalue weighted by Crippen LogP contribution is -2.48. The number of nitrogens with two attached hydrogens (primary N) is 1. The predicted molar refractivity (Wildman–Crippen MR) is 302 cm³/mol. The normalized spacial score (nSPS) is 15.8. The summed E-state index contributed by atoms with van der Waals surface area (Å²) in [6.45, 7) is 4.01. The van der Waals surface area contributed by atoms with Gasteiger partial charge in [-0.2, -0.15) is 72.0 Å². The molecule has 1 saturated heterocycles. The lowest BCUT2D eigenvalue weighted by Gasteiger charge is -2.34. The number of fused-ring (bicyclic) bond motifs is 1. The molecule has 1 amide bonds. The monoisotopic (exact) mass is 1330 g/mol. The van der Waals surface area contributed by atoms with Gasteiger partial charge >= 0.3 is 0 Å². The highest BCUT2D eigenvalue weighted by atomic mass is 35.5. The molecule has 36 nitrogen and oxygen atoms in total. The third-order valence-corrected chi connectivity index (χ3v) is 17.7. The van der Waals surface area contributed by atoms with Crippen LogP contribution in [0.5, 0.6) is 11.6 Å². The molecule has 4 heterocycles. The van der Waals surface area contributed by atoms with Crippen LogP contribution < -0.4 is 32.1 Å². The van der Waals surface area contributed by atoms with Gasteiger partial charge in [-0.3, -0.25) is 41.8 Å². The Labute approximate surface area is 495 Å². The van der Waals surface area contributed by atoms with Crippen molar-refractivity contribution < 1.29 is 79.9 Å². The lowest BCUT2D eigenvalue weighted by molar-refractivity contribution is 0.0995. The summed E-state index contributed by atoms with van der Waals surface area (Å²) in [4.78, 5) is 49.9. The van der Waals surface area contributed by atoms with Gasteiger partial charge in [-0.05, 0) is 78.8 Å². The number of aromatic nitrogens is 7. The molecule has 0 bridgehead atoms. The zero-order valence-corrected chi connectivity index (χ0v) is 49.2. The lowest BCUT2D eigenvalue weighted by atomic mass is 10.1. The number of pyridine rings is 1. The number of hydrogen-bond acceptors (Lipinski definition) is 29. The molecule has 1 aliphatic heterocycles. The first-order chi connectivity index (χ1) is 40.0. The molecule has 0 radical (unpaired) electrons. The minimum absolute atomic E-state index is 0.0260. The van der Waals surface area contributed by atoms with Crippen LogP contribution in [0.25, 0.3) is 10.8 Å². The summed E-state index contributed by atoms with van der Waals surface area (Å²) in [5.41, 5.74) is -0.217. The van der Waals surface area contributed by atoms with Gasteiger partial charge in [0, 0.05) is 68.9 Å². The Hall–Kier alpha value is -8.07. The number of rotatable bonds is 20. The number of aromatic hydroxyl groups is 2. The van der Waals surface area contributed by atoms with Crippen LogP contribution >= 0.6 is 23.2 Å². The minimum Gasteiger partial charge on any atom is -0.505 e. The van der Waals surface area contributed by atoms with Gasteiger partial charge in [0.05, 0.1) is 10.6 Å². The second kappa shape index (κ2) is 24.4. The van der Waals surface area contributed by atoms with Gasteiger partial charge in [0.1, 0.15) is 42.6 Å². The third-order valence-electron chi connectivity index (χ3n) is 12.6. The van der Waals surface area contributed by atoms with Crippen molar-refractivity contribution in [3.8, 4) is 11.6 Å². The Bertz CT molecular complexity index is 4610. The highest BCUT2D eigenvalue weighted by Gasteiger charge is 2.38. The van der Waals surface area contributed by atoms with Crippen molar-refractivity contribution in [1.82, 2.24) is 39.4 Å². The van der Waals surface area contributed by atoms with Gasteiger partial charge < -0.3 is 36.8 Å². The number of piperazine rings is 1. The quantitative estimate of drug-likeness (QED) is 0.0385. The number of allylic oxidation sites excluding steroid dienone is 2. The summed E-state index contributed by atoms with van der Waals surface area (Å²) in [5, 5.41) is 41.3. The number of anilines is 5. The van der Waals surface area contributed by atoms with E-state index in [1.54, 1.807) is 4.90 Å². The van der Waals surface area contributed by atoms with Gasteiger partial charge in [0.25, 0.3) is 62.1 Å². The van der Waals surface area contributed by atoms with E-state index in [0.29, 0.717) is 25.7 Å². The molecule has 0 spiro atoms. The number of azo groups is 2. The SMILES string of the molecule is CCn1c(O)c(C(N)=O)c(C)c(N=NC2=C(S(=O)(=O)O)CC(S(=O)(=O)O)C(Nc3nc(Cl)nc(NCCN4CCN(c5nc(Cl)nc(Nc6cc(S(=O)(=O)O)cc7cc(S(=O)(=O)O)c(N=Nc8ccccc8S(=O)(=O)O)c(O)c67)n5)CC4)n3)=C2)c1=O. The third kappa shape index (κ3) is 14.3. The summed E-state index contributed by atoms with van der Waals surface area (Å²) < 4.78 is 176. The predicted octanol–water partition coefficient (Wildman–Crippen LogP) is 3.49. The molecular formula is C43H43Cl2N17O19S5. The number of carbonyl (C=O) groups excluding carboxylic acids is 1. The summed E-state index contributed by atoms with van der Waals surface area (Å²) in [5.74, 6) is -4.09. The molecule has 12 N–H and O–H groups in total. The molecule has 458 valence electrons. The maximum absolute atomic E-state index is 13.2. The van der Waals surface area contributed by atoms with Crippen LogP contribution in [0.2, 0.25) is 10.6 Å². The summed E-state index contributed by atoms with van der Waals surface area (Å²) >= 11 is 12.5. The Balaban J connectivity index is 0.992. The number of nitrogens with zero attached hydrogens (tertiary/aromatic N) is 13. The number of nitrogens with one attached hydrogen (secondary N) is 3. The van der Waals surface area contributed by atoms with E-state index in [1.165, 1.54) is 26.0 Å².